The van der Waals surface area contributed by atoms with Crippen molar-refractivity contribution in [2.24, 2.45) is 11.3 Å². The molecular weight excluding hydrogens is 288 g/mol. The average Bonchev–Trinajstić information content (AvgIpc) is 2.97. The summed E-state index contributed by atoms with van der Waals surface area (Å²) in [4.78, 5) is 23.1. The molecule has 1 aromatic heterocycles. The maximum absolute atomic E-state index is 12.5. The number of hydrogen-bond acceptors (Lipinski definition) is 3. The fourth-order valence-corrected chi connectivity index (χ4v) is 4.48. The Morgan fingerprint density at radius 3 is 2.61 bits per heavy atom. The molecule has 2 amide bonds. The Hall–Kier alpha value is -1.65. The molecule has 1 aromatic rings. The molecule has 23 heavy (non-hydrogen) atoms. The van der Waals surface area contributed by atoms with Gasteiger partial charge in [-0.3, -0.25) is 0 Å². The highest BCUT2D eigenvalue weighted by Gasteiger charge is 2.56. The summed E-state index contributed by atoms with van der Waals surface area (Å²) >= 11 is 0. The SMILES string of the molecule is Cc1cnc(CCNC(=O)N2CC3(CCCC3)C2C(C)C)nc1. The number of carbonyl (C=O) groups excluding carboxylic acids is 1. The van der Waals surface area contributed by atoms with E-state index in [1.165, 1.54) is 25.7 Å². The first-order valence-electron chi connectivity index (χ1n) is 8.84. The van der Waals surface area contributed by atoms with Crippen molar-refractivity contribution >= 4 is 6.03 Å². The van der Waals surface area contributed by atoms with Crippen molar-refractivity contribution in [3.8, 4) is 0 Å². The molecule has 2 fully saturated rings. The minimum Gasteiger partial charge on any atom is -0.338 e. The Kier molecular flexibility index (Phi) is 4.55. The third-order valence-corrected chi connectivity index (χ3v) is 5.40. The molecule has 0 radical (unpaired) electrons. The number of hydrogen-bond donors (Lipinski definition) is 1. The van der Waals surface area contributed by atoms with Crippen LogP contribution in [0.5, 0.6) is 0 Å². The molecule has 1 aliphatic heterocycles. The molecule has 2 aliphatic rings. The molecule has 1 unspecified atom stereocenters. The van der Waals surface area contributed by atoms with Crippen LogP contribution in [0.4, 0.5) is 4.79 Å². The van der Waals surface area contributed by atoms with Crippen LogP contribution in [0.1, 0.15) is 50.9 Å². The van der Waals surface area contributed by atoms with Crippen LogP contribution in [0.3, 0.4) is 0 Å². The second-order valence-corrected chi connectivity index (χ2v) is 7.54. The van der Waals surface area contributed by atoms with Gasteiger partial charge in [-0.15, -0.1) is 0 Å². The van der Waals surface area contributed by atoms with Gasteiger partial charge in [-0.25, -0.2) is 14.8 Å². The molecule has 1 aliphatic carbocycles. The zero-order valence-electron chi connectivity index (χ0n) is 14.5. The van der Waals surface area contributed by atoms with Crippen molar-refractivity contribution in [1.29, 1.82) is 0 Å². The number of nitrogens with one attached hydrogen (secondary N) is 1. The zero-order valence-corrected chi connectivity index (χ0v) is 14.5. The molecule has 1 spiro atoms. The fourth-order valence-electron chi connectivity index (χ4n) is 4.48. The summed E-state index contributed by atoms with van der Waals surface area (Å²) in [6, 6.07) is 0.481. The standard InChI is InChI=1S/C18H28N4O/c1-13(2)16-18(7-4-5-8-18)12-22(16)17(23)19-9-6-15-20-10-14(3)11-21-15/h10-11,13,16H,4-9,12H2,1-3H3,(H,19,23). The van der Waals surface area contributed by atoms with Crippen LogP contribution in [0, 0.1) is 18.3 Å². The van der Waals surface area contributed by atoms with Gasteiger partial charge in [0.1, 0.15) is 5.82 Å². The van der Waals surface area contributed by atoms with E-state index in [0.29, 0.717) is 30.3 Å². The van der Waals surface area contributed by atoms with E-state index in [4.69, 9.17) is 0 Å². The molecule has 2 heterocycles. The third-order valence-electron chi connectivity index (χ3n) is 5.40. The molecule has 1 atom stereocenters. The molecule has 1 saturated heterocycles. The van der Waals surface area contributed by atoms with Crippen molar-refractivity contribution in [1.82, 2.24) is 20.2 Å². The number of rotatable bonds is 4. The Morgan fingerprint density at radius 2 is 2.00 bits per heavy atom. The van der Waals surface area contributed by atoms with Gasteiger partial charge in [-0.1, -0.05) is 26.7 Å². The number of likely N-dealkylation sites (tertiary alicyclic amines) is 1. The molecule has 1 N–H and O–H groups in total. The molecule has 1 saturated carbocycles. The first kappa shape index (κ1) is 16.2. The minimum atomic E-state index is 0.0772. The van der Waals surface area contributed by atoms with Gasteiger partial charge in [0.15, 0.2) is 0 Å². The first-order valence-corrected chi connectivity index (χ1v) is 8.84. The zero-order chi connectivity index (χ0) is 16.4. The second kappa shape index (κ2) is 6.46. The van der Waals surface area contributed by atoms with Crippen molar-refractivity contribution < 1.29 is 4.79 Å². The summed E-state index contributed by atoms with van der Waals surface area (Å²) in [7, 11) is 0. The topological polar surface area (TPSA) is 58.1 Å². The lowest BCUT2D eigenvalue weighted by atomic mass is 9.66. The van der Waals surface area contributed by atoms with Gasteiger partial charge >= 0.3 is 6.03 Å². The van der Waals surface area contributed by atoms with Gasteiger partial charge < -0.3 is 10.2 Å². The summed E-state index contributed by atoms with van der Waals surface area (Å²) in [5.41, 5.74) is 1.46. The highest BCUT2D eigenvalue weighted by atomic mass is 16.2. The predicted octanol–water partition coefficient (Wildman–Crippen LogP) is 2.94. The predicted molar refractivity (Wildman–Crippen MR) is 90.1 cm³/mol. The van der Waals surface area contributed by atoms with Gasteiger partial charge in [0.2, 0.25) is 0 Å². The van der Waals surface area contributed by atoms with Crippen LogP contribution in [0.25, 0.3) is 0 Å². The van der Waals surface area contributed by atoms with Crippen molar-refractivity contribution in [3.05, 3.63) is 23.8 Å². The van der Waals surface area contributed by atoms with Gasteiger partial charge in [0.05, 0.1) is 0 Å². The number of urea groups is 1. The third kappa shape index (κ3) is 3.19. The Balaban J connectivity index is 1.51. The first-order chi connectivity index (χ1) is 11.0. The van der Waals surface area contributed by atoms with E-state index in [9.17, 15) is 4.79 Å². The maximum Gasteiger partial charge on any atom is 0.317 e. The molecule has 5 heteroatoms. The summed E-state index contributed by atoms with van der Waals surface area (Å²) < 4.78 is 0. The van der Waals surface area contributed by atoms with Crippen LogP contribution in [-0.2, 0) is 6.42 Å². The van der Waals surface area contributed by atoms with Gasteiger partial charge in [0, 0.05) is 43.4 Å². The lowest BCUT2D eigenvalue weighted by Crippen LogP contribution is -2.69. The van der Waals surface area contributed by atoms with Crippen molar-refractivity contribution in [2.45, 2.75) is 58.9 Å². The van der Waals surface area contributed by atoms with Crippen LogP contribution < -0.4 is 5.32 Å². The summed E-state index contributed by atoms with van der Waals surface area (Å²) in [5.74, 6) is 1.31. The number of aromatic nitrogens is 2. The molecular formula is C18H28N4O. The van der Waals surface area contributed by atoms with Gasteiger partial charge in [-0.05, 0) is 31.2 Å². The molecule has 5 nitrogen and oxygen atoms in total. The Bertz CT molecular complexity index is 549. The normalized spacial score (nSPS) is 22.4. The number of nitrogens with zero attached hydrogens (tertiary/aromatic N) is 3. The lowest BCUT2D eigenvalue weighted by Gasteiger charge is -2.58. The number of carbonyl (C=O) groups is 1. The van der Waals surface area contributed by atoms with E-state index < -0.39 is 0 Å². The lowest BCUT2D eigenvalue weighted by molar-refractivity contribution is -0.0614. The summed E-state index contributed by atoms with van der Waals surface area (Å²) in [6.45, 7) is 7.98. The number of aryl methyl sites for hydroxylation is 1. The van der Waals surface area contributed by atoms with E-state index >= 15 is 0 Å². The quantitative estimate of drug-likeness (QED) is 0.929. The van der Waals surface area contributed by atoms with Gasteiger partial charge in [-0.2, -0.15) is 0 Å². The van der Waals surface area contributed by atoms with E-state index in [-0.39, 0.29) is 6.03 Å². The Labute approximate surface area is 138 Å². The summed E-state index contributed by atoms with van der Waals surface area (Å²) in [5, 5.41) is 3.05. The van der Waals surface area contributed by atoms with E-state index in [2.05, 4.69) is 29.1 Å². The second-order valence-electron chi connectivity index (χ2n) is 7.54. The molecule has 0 aromatic carbocycles. The van der Waals surface area contributed by atoms with Crippen LogP contribution in [0.15, 0.2) is 12.4 Å². The maximum atomic E-state index is 12.5. The monoisotopic (exact) mass is 316 g/mol. The van der Waals surface area contributed by atoms with E-state index in [1.54, 1.807) is 0 Å². The fraction of sp³-hybridized carbons (Fsp3) is 0.722. The average molecular weight is 316 g/mol. The highest BCUT2D eigenvalue weighted by molar-refractivity contribution is 5.76. The molecule has 0 bridgehead atoms. The Morgan fingerprint density at radius 1 is 1.35 bits per heavy atom. The smallest absolute Gasteiger partial charge is 0.317 e. The molecule has 126 valence electrons. The molecule has 3 rings (SSSR count). The minimum absolute atomic E-state index is 0.0772. The summed E-state index contributed by atoms with van der Waals surface area (Å²) in [6.07, 6.45) is 9.54. The van der Waals surface area contributed by atoms with E-state index in [1.807, 2.05) is 24.2 Å². The van der Waals surface area contributed by atoms with Crippen molar-refractivity contribution in [2.75, 3.05) is 13.1 Å². The highest BCUT2D eigenvalue weighted by Crippen LogP contribution is 2.52. The van der Waals surface area contributed by atoms with Crippen LogP contribution in [-0.4, -0.2) is 40.0 Å². The van der Waals surface area contributed by atoms with Crippen molar-refractivity contribution in [3.63, 3.8) is 0 Å². The van der Waals surface area contributed by atoms with Crippen LogP contribution in [0.2, 0.25) is 0 Å². The number of amides is 2. The van der Waals surface area contributed by atoms with Crippen LogP contribution >= 0.6 is 0 Å². The largest absolute Gasteiger partial charge is 0.338 e. The van der Waals surface area contributed by atoms with Gasteiger partial charge in [0.25, 0.3) is 0 Å². The van der Waals surface area contributed by atoms with E-state index in [0.717, 1.165) is 17.9 Å².